The van der Waals surface area contributed by atoms with Crippen molar-refractivity contribution >= 4 is 11.9 Å². The number of fused-ring (bicyclic) bond motifs is 1. The smallest absolute Gasteiger partial charge is 0.196 e. The highest BCUT2D eigenvalue weighted by Crippen LogP contribution is 2.38. The Hall–Kier alpha value is -2.95. The van der Waals surface area contributed by atoms with E-state index in [1.165, 1.54) is 7.11 Å². The van der Waals surface area contributed by atoms with Crippen molar-refractivity contribution in [3.05, 3.63) is 52.6 Å². The normalized spacial score (nSPS) is 15.0. The first-order valence-electron chi connectivity index (χ1n) is 7.47. The van der Waals surface area contributed by atoms with Gasteiger partial charge >= 0.3 is 0 Å². The molecule has 0 saturated carbocycles. The van der Waals surface area contributed by atoms with Gasteiger partial charge in [-0.2, -0.15) is 0 Å². The van der Waals surface area contributed by atoms with Gasteiger partial charge in [-0.25, -0.2) is 0 Å². The van der Waals surface area contributed by atoms with E-state index in [0.29, 0.717) is 33.9 Å². The molecule has 0 aliphatic carbocycles. The van der Waals surface area contributed by atoms with Crippen LogP contribution >= 0.6 is 0 Å². The van der Waals surface area contributed by atoms with Gasteiger partial charge in [-0.3, -0.25) is 4.79 Å². The zero-order valence-electron chi connectivity index (χ0n) is 13.8. The average Bonchev–Trinajstić information content (AvgIpc) is 2.57. The van der Waals surface area contributed by atoms with E-state index in [9.17, 15) is 9.90 Å². The molecule has 1 aliphatic rings. The average molecular weight is 326 g/mol. The number of carbonyl (C=O) groups excluding carboxylic acids is 1. The summed E-state index contributed by atoms with van der Waals surface area (Å²) < 4.78 is 16.0. The lowest BCUT2D eigenvalue weighted by Crippen LogP contribution is -2.19. The van der Waals surface area contributed by atoms with Gasteiger partial charge in [0.2, 0.25) is 0 Å². The van der Waals surface area contributed by atoms with Gasteiger partial charge in [0.05, 0.1) is 19.8 Å². The van der Waals surface area contributed by atoms with Crippen molar-refractivity contribution in [3.63, 3.8) is 0 Å². The van der Waals surface area contributed by atoms with Crippen molar-refractivity contribution in [2.75, 3.05) is 20.8 Å². The van der Waals surface area contributed by atoms with Crippen LogP contribution < -0.4 is 14.2 Å². The van der Waals surface area contributed by atoms with Crippen molar-refractivity contribution in [3.8, 4) is 23.0 Å². The number of carbonyl (C=O) groups is 1. The summed E-state index contributed by atoms with van der Waals surface area (Å²) in [6, 6.07) is 8.59. The lowest BCUT2D eigenvalue weighted by atomic mass is 9.96. The molecule has 1 aliphatic heterocycles. The Morgan fingerprint density at radius 1 is 1.12 bits per heavy atom. The minimum Gasteiger partial charge on any atom is -0.504 e. The van der Waals surface area contributed by atoms with Crippen LogP contribution in [0.15, 0.2) is 35.9 Å². The molecule has 1 heterocycles. The highest BCUT2D eigenvalue weighted by molar-refractivity contribution is 6.14. The fourth-order valence-electron chi connectivity index (χ4n) is 2.70. The van der Waals surface area contributed by atoms with E-state index in [0.717, 1.165) is 5.56 Å². The number of hydrogen-bond donors (Lipinski definition) is 1. The quantitative estimate of drug-likeness (QED) is 0.876. The number of Topliss-reactive ketones (excluding diaryl/α,β-unsaturated/α-hetero) is 1. The molecule has 0 aromatic heterocycles. The number of ketones is 1. The second-order valence-electron chi connectivity index (χ2n) is 5.56. The van der Waals surface area contributed by atoms with Gasteiger partial charge in [-0.1, -0.05) is 6.07 Å². The zero-order chi connectivity index (χ0) is 17.3. The Bertz CT molecular complexity index is 836. The first-order valence-corrected chi connectivity index (χ1v) is 7.47. The van der Waals surface area contributed by atoms with Gasteiger partial charge < -0.3 is 19.3 Å². The maximum atomic E-state index is 12.8. The van der Waals surface area contributed by atoms with Gasteiger partial charge in [0.25, 0.3) is 0 Å². The third kappa shape index (κ3) is 2.80. The summed E-state index contributed by atoms with van der Waals surface area (Å²) in [5.74, 6) is 1.33. The van der Waals surface area contributed by atoms with E-state index in [1.807, 2.05) is 13.0 Å². The lowest BCUT2D eigenvalue weighted by Gasteiger charge is -2.21. The molecule has 0 radical (unpaired) electrons. The zero-order valence-corrected chi connectivity index (χ0v) is 13.8. The number of methoxy groups -OCH3 is 2. The van der Waals surface area contributed by atoms with E-state index >= 15 is 0 Å². The van der Waals surface area contributed by atoms with Crippen LogP contribution in [0.5, 0.6) is 23.0 Å². The summed E-state index contributed by atoms with van der Waals surface area (Å²) in [5, 5.41) is 9.86. The van der Waals surface area contributed by atoms with Gasteiger partial charge in [-0.15, -0.1) is 0 Å². The summed E-state index contributed by atoms with van der Waals surface area (Å²) in [6.45, 7) is 2.05. The molecule has 0 fully saturated rings. The van der Waals surface area contributed by atoms with E-state index in [2.05, 4.69) is 0 Å². The third-order valence-corrected chi connectivity index (χ3v) is 3.87. The van der Waals surface area contributed by atoms with E-state index in [4.69, 9.17) is 14.2 Å². The minimum absolute atomic E-state index is 0.0222. The SMILES string of the molecule is COc1ccc(/C=C2/COc3c(OC)cc(C)cc3C2=O)cc1O. The number of benzene rings is 2. The van der Waals surface area contributed by atoms with Crippen LogP contribution in [0.4, 0.5) is 0 Å². The number of rotatable bonds is 3. The van der Waals surface area contributed by atoms with Crippen molar-refractivity contribution in [1.29, 1.82) is 0 Å². The highest BCUT2D eigenvalue weighted by atomic mass is 16.5. The van der Waals surface area contributed by atoms with Crippen LogP contribution in [0.25, 0.3) is 6.08 Å². The van der Waals surface area contributed by atoms with Crippen molar-refractivity contribution in [1.82, 2.24) is 0 Å². The molecule has 0 amide bonds. The second kappa shape index (κ2) is 6.28. The maximum absolute atomic E-state index is 12.8. The largest absolute Gasteiger partial charge is 0.504 e. The molecule has 124 valence electrons. The first kappa shape index (κ1) is 15.9. The van der Waals surface area contributed by atoms with Crippen LogP contribution in [0.3, 0.4) is 0 Å². The maximum Gasteiger partial charge on any atom is 0.196 e. The van der Waals surface area contributed by atoms with Crippen molar-refractivity contribution in [2.45, 2.75) is 6.92 Å². The van der Waals surface area contributed by atoms with Crippen molar-refractivity contribution in [2.24, 2.45) is 0 Å². The molecule has 0 spiro atoms. The molecule has 0 unspecified atom stereocenters. The molecule has 24 heavy (non-hydrogen) atoms. The number of phenols is 1. The fraction of sp³-hybridized carbons (Fsp3) is 0.211. The monoisotopic (exact) mass is 326 g/mol. The molecule has 5 heteroatoms. The van der Waals surface area contributed by atoms with Crippen molar-refractivity contribution < 1.29 is 24.1 Å². The fourth-order valence-corrected chi connectivity index (χ4v) is 2.70. The van der Waals surface area contributed by atoms with E-state index in [1.54, 1.807) is 37.5 Å². The topological polar surface area (TPSA) is 65.0 Å². The molecule has 0 saturated heterocycles. The third-order valence-electron chi connectivity index (χ3n) is 3.87. The van der Waals surface area contributed by atoms with Crippen LogP contribution in [-0.4, -0.2) is 31.7 Å². The molecule has 0 bridgehead atoms. The standard InChI is InChI=1S/C19H18O5/c1-11-6-14-18(21)13(10-24-19(14)17(7-11)23-3)8-12-4-5-16(22-2)15(20)9-12/h4-9,20H,10H2,1-3H3/b13-8-. The number of aromatic hydroxyl groups is 1. The van der Waals surface area contributed by atoms with Gasteiger partial charge in [0.1, 0.15) is 6.61 Å². The Morgan fingerprint density at radius 3 is 2.54 bits per heavy atom. The highest BCUT2D eigenvalue weighted by Gasteiger charge is 2.26. The minimum atomic E-state index is -0.103. The molecule has 5 nitrogen and oxygen atoms in total. The van der Waals surface area contributed by atoms with Crippen LogP contribution in [0, 0.1) is 6.92 Å². The van der Waals surface area contributed by atoms with Gasteiger partial charge in [0.15, 0.2) is 28.8 Å². The number of phenolic OH excluding ortho intramolecular Hbond substituents is 1. The molecule has 2 aromatic carbocycles. The van der Waals surface area contributed by atoms with Crippen LogP contribution in [-0.2, 0) is 0 Å². The van der Waals surface area contributed by atoms with Crippen LogP contribution in [0.1, 0.15) is 21.5 Å². The van der Waals surface area contributed by atoms with Crippen LogP contribution in [0.2, 0.25) is 0 Å². The summed E-state index contributed by atoms with van der Waals surface area (Å²) in [4.78, 5) is 12.8. The van der Waals surface area contributed by atoms with E-state index in [-0.39, 0.29) is 18.1 Å². The number of aryl methyl sites for hydroxylation is 1. The van der Waals surface area contributed by atoms with Gasteiger partial charge in [-0.05, 0) is 48.4 Å². The predicted octanol–water partition coefficient (Wildman–Crippen LogP) is 3.38. The second-order valence-corrected chi connectivity index (χ2v) is 5.56. The molecule has 3 rings (SSSR count). The lowest BCUT2D eigenvalue weighted by molar-refractivity contribution is 0.0998. The Kier molecular flexibility index (Phi) is 4.16. The number of hydrogen-bond acceptors (Lipinski definition) is 5. The summed E-state index contributed by atoms with van der Waals surface area (Å²) >= 11 is 0. The summed E-state index contributed by atoms with van der Waals surface area (Å²) in [7, 11) is 3.03. The Balaban J connectivity index is 1.99. The molecule has 2 aromatic rings. The Labute approximate surface area is 140 Å². The molecular formula is C19H18O5. The van der Waals surface area contributed by atoms with E-state index < -0.39 is 0 Å². The summed E-state index contributed by atoms with van der Waals surface area (Å²) in [5.41, 5.74) is 2.62. The Morgan fingerprint density at radius 2 is 1.88 bits per heavy atom. The van der Waals surface area contributed by atoms with Gasteiger partial charge in [0, 0.05) is 5.57 Å². The first-order chi connectivity index (χ1) is 11.5. The summed E-state index contributed by atoms with van der Waals surface area (Å²) in [6.07, 6.45) is 1.71. The number of ether oxygens (including phenoxy) is 3. The molecular weight excluding hydrogens is 308 g/mol. The molecule has 1 N–H and O–H groups in total. The molecule has 0 atom stereocenters. The predicted molar refractivity (Wildman–Crippen MR) is 90.2 cm³/mol.